The largest absolute Gasteiger partial charge is 0.497 e. The predicted molar refractivity (Wildman–Crippen MR) is 74.8 cm³/mol. The molecule has 0 radical (unpaired) electrons. The fourth-order valence-electron chi connectivity index (χ4n) is 2.05. The van der Waals surface area contributed by atoms with Gasteiger partial charge in [0.15, 0.2) is 0 Å². The number of hydrogen-bond donors (Lipinski definition) is 0. The summed E-state index contributed by atoms with van der Waals surface area (Å²) in [7, 11) is 1.62. The predicted octanol–water partition coefficient (Wildman–Crippen LogP) is 2.11. The molecule has 1 fully saturated rings. The summed E-state index contributed by atoms with van der Waals surface area (Å²) in [6, 6.07) is 7.60. The molecule has 0 heterocycles. The third-order valence-corrected chi connectivity index (χ3v) is 3.30. The average Bonchev–Trinajstić information content (AvgIpc) is 3.22. The second-order valence-corrected chi connectivity index (χ2v) is 4.95. The van der Waals surface area contributed by atoms with E-state index in [0.29, 0.717) is 18.9 Å². The minimum Gasteiger partial charge on any atom is -0.497 e. The molecule has 1 aliphatic rings. The first-order valence-electron chi connectivity index (χ1n) is 6.57. The maximum absolute atomic E-state index is 12.3. The highest BCUT2D eigenvalue weighted by molar-refractivity contribution is 5.79. The van der Waals surface area contributed by atoms with Crippen LogP contribution < -0.4 is 4.74 Å². The van der Waals surface area contributed by atoms with Crippen LogP contribution in [-0.4, -0.2) is 31.0 Å². The number of carbonyl (C=O) groups excluding carboxylic acids is 1. The number of hydrogen-bond acceptors (Lipinski definition) is 2. The van der Waals surface area contributed by atoms with Crippen molar-refractivity contribution < 1.29 is 9.53 Å². The lowest BCUT2D eigenvalue weighted by molar-refractivity contribution is -0.130. The molecule has 0 atom stereocenters. The van der Waals surface area contributed by atoms with Crippen molar-refractivity contribution in [1.82, 2.24) is 4.90 Å². The zero-order chi connectivity index (χ0) is 13.7. The molecule has 1 saturated carbocycles. The summed E-state index contributed by atoms with van der Waals surface area (Å²) in [5.41, 5.74) is 0.960. The van der Waals surface area contributed by atoms with Crippen LogP contribution in [0.3, 0.4) is 0 Å². The number of rotatable bonds is 6. The van der Waals surface area contributed by atoms with Crippen LogP contribution in [0.25, 0.3) is 0 Å². The molecule has 0 aromatic heterocycles. The summed E-state index contributed by atoms with van der Waals surface area (Å²) >= 11 is 0. The van der Waals surface area contributed by atoms with E-state index in [-0.39, 0.29) is 5.91 Å². The fourth-order valence-corrected chi connectivity index (χ4v) is 2.05. The topological polar surface area (TPSA) is 29.5 Å². The molecule has 2 rings (SSSR count). The summed E-state index contributed by atoms with van der Waals surface area (Å²) in [5, 5.41) is 0. The van der Waals surface area contributed by atoms with Crippen molar-refractivity contribution in [2.45, 2.75) is 19.3 Å². The van der Waals surface area contributed by atoms with E-state index in [4.69, 9.17) is 11.2 Å². The molecule has 1 aliphatic carbocycles. The molecule has 1 aromatic rings. The summed E-state index contributed by atoms with van der Waals surface area (Å²) < 4.78 is 5.16. The third kappa shape index (κ3) is 4.03. The lowest BCUT2D eigenvalue weighted by Crippen LogP contribution is -2.34. The maximum atomic E-state index is 12.3. The van der Waals surface area contributed by atoms with E-state index in [1.54, 1.807) is 12.0 Å². The highest BCUT2D eigenvalue weighted by atomic mass is 16.5. The minimum absolute atomic E-state index is 0.0955. The monoisotopic (exact) mass is 257 g/mol. The molecule has 0 spiro atoms. The van der Waals surface area contributed by atoms with Crippen molar-refractivity contribution in [1.29, 1.82) is 0 Å². The fraction of sp³-hybridized carbons (Fsp3) is 0.438. The first-order valence-corrected chi connectivity index (χ1v) is 6.57. The van der Waals surface area contributed by atoms with Gasteiger partial charge in [-0.1, -0.05) is 18.1 Å². The zero-order valence-electron chi connectivity index (χ0n) is 11.3. The normalized spacial score (nSPS) is 13.7. The molecule has 0 aliphatic heterocycles. The van der Waals surface area contributed by atoms with Crippen LogP contribution in [0.2, 0.25) is 0 Å². The zero-order valence-corrected chi connectivity index (χ0v) is 11.3. The Hall–Kier alpha value is -1.95. The Kier molecular flexibility index (Phi) is 4.46. The van der Waals surface area contributed by atoms with Gasteiger partial charge in [0.05, 0.1) is 20.1 Å². The summed E-state index contributed by atoms with van der Waals surface area (Å²) in [5.74, 6) is 4.10. The van der Waals surface area contributed by atoms with E-state index in [1.165, 1.54) is 12.8 Å². The second-order valence-electron chi connectivity index (χ2n) is 4.95. The van der Waals surface area contributed by atoms with Crippen LogP contribution in [0, 0.1) is 18.3 Å². The molecule has 1 amide bonds. The molecular weight excluding hydrogens is 238 g/mol. The highest BCUT2D eigenvalue weighted by Gasteiger charge is 2.26. The third-order valence-electron chi connectivity index (χ3n) is 3.30. The van der Waals surface area contributed by atoms with Gasteiger partial charge in [-0.05, 0) is 36.5 Å². The highest BCUT2D eigenvalue weighted by Crippen LogP contribution is 2.29. The van der Waals surface area contributed by atoms with Crippen LogP contribution in [0.15, 0.2) is 24.3 Å². The number of benzene rings is 1. The van der Waals surface area contributed by atoms with Crippen molar-refractivity contribution in [3.63, 3.8) is 0 Å². The molecule has 3 nitrogen and oxygen atoms in total. The van der Waals surface area contributed by atoms with E-state index in [0.717, 1.165) is 17.9 Å². The van der Waals surface area contributed by atoms with E-state index in [9.17, 15) is 4.79 Å². The van der Waals surface area contributed by atoms with Gasteiger partial charge in [0.25, 0.3) is 0 Å². The number of amides is 1. The number of nitrogens with zero attached hydrogens (tertiary/aromatic N) is 1. The Labute approximate surface area is 114 Å². The Bertz CT molecular complexity index is 486. The van der Waals surface area contributed by atoms with Gasteiger partial charge < -0.3 is 9.64 Å². The quantitative estimate of drug-likeness (QED) is 0.730. The lowest BCUT2D eigenvalue weighted by Gasteiger charge is -2.20. The summed E-state index contributed by atoms with van der Waals surface area (Å²) in [4.78, 5) is 14.0. The molecular formula is C16H19NO2. The van der Waals surface area contributed by atoms with Gasteiger partial charge in [0.1, 0.15) is 5.75 Å². The van der Waals surface area contributed by atoms with Gasteiger partial charge in [0.2, 0.25) is 5.91 Å². The second kappa shape index (κ2) is 6.29. The smallest absolute Gasteiger partial charge is 0.227 e. The molecule has 0 N–H and O–H groups in total. The Morgan fingerprint density at radius 3 is 2.95 bits per heavy atom. The minimum atomic E-state index is 0.0955. The number of carbonyl (C=O) groups is 1. The number of methoxy groups -OCH3 is 1. The van der Waals surface area contributed by atoms with E-state index < -0.39 is 0 Å². The van der Waals surface area contributed by atoms with Gasteiger partial charge >= 0.3 is 0 Å². The Morgan fingerprint density at radius 1 is 1.53 bits per heavy atom. The molecule has 0 bridgehead atoms. The maximum Gasteiger partial charge on any atom is 0.227 e. The van der Waals surface area contributed by atoms with Crippen molar-refractivity contribution in [2.75, 3.05) is 20.2 Å². The summed E-state index contributed by atoms with van der Waals surface area (Å²) in [6.45, 7) is 1.20. The summed E-state index contributed by atoms with van der Waals surface area (Å²) in [6.07, 6.45) is 8.15. The van der Waals surface area contributed by atoms with E-state index >= 15 is 0 Å². The standard InChI is InChI=1S/C16H19NO2/c1-3-9-17(12-13-7-8-13)16(18)11-14-5-4-6-15(10-14)19-2/h1,4-6,10,13H,7-9,11-12H2,2H3. The van der Waals surface area contributed by atoms with Crippen LogP contribution in [-0.2, 0) is 11.2 Å². The van der Waals surface area contributed by atoms with E-state index in [1.807, 2.05) is 24.3 Å². The van der Waals surface area contributed by atoms with E-state index in [2.05, 4.69) is 5.92 Å². The molecule has 0 unspecified atom stereocenters. The van der Waals surface area contributed by atoms with Crippen molar-refractivity contribution in [3.05, 3.63) is 29.8 Å². The number of terminal acetylenes is 1. The van der Waals surface area contributed by atoms with Gasteiger partial charge in [0, 0.05) is 6.54 Å². The first-order chi connectivity index (χ1) is 9.22. The van der Waals surface area contributed by atoms with Gasteiger partial charge in [-0.25, -0.2) is 0 Å². The molecule has 3 heteroatoms. The SMILES string of the molecule is C#CCN(CC1CC1)C(=O)Cc1cccc(OC)c1. The van der Waals surface area contributed by atoms with Crippen LogP contribution in [0.1, 0.15) is 18.4 Å². The lowest BCUT2D eigenvalue weighted by atomic mass is 10.1. The Morgan fingerprint density at radius 2 is 2.32 bits per heavy atom. The first kappa shape index (κ1) is 13.5. The molecule has 100 valence electrons. The Balaban J connectivity index is 1.98. The van der Waals surface area contributed by atoms with Crippen LogP contribution in [0.4, 0.5) is 0 Å². The molecule has 19 heavy (non-hydrogen) atoms. The van der Waals surface area contributed by atoms with Crippen LogP contribution in [0.5, 0.6) is 5.75 Å². The van der Waals surface area contributed by atoms with Crippen molar-refractivity contribution in [2.24, 2.45) is 5.92 Å². The van der Waals surface area contributed by atoms with Crippen molar-refractivity contribution in [3.8, 4) is 18.1 Å². The number of ether oxygens (including phenoxy) is 1. The molecule has 0 saturated heterocycles. The van der Waals surface area contributed by atoms with Gasteiger partial charge in [-0.2, -0.15) is 0 Å². The molecule has 1 aromatic carbocycles. The van der Waals surface area contributed by atoms with Gasteiger partial charge in [-0.3, -0.25) is 4.79 Å². The van der Waals surface area contributed by atoms with Crippen LogP contribution >= 0.6 is 0 Å². The average molecular weight is 257 g/mol. The van der Waals surface area contributed by atoms with Crippen molar-refractivity contribution >= 4 is 5.91 Å². The van der Waals surface area contributed by atoms with Gasteiger partial charge in [-0.15, -0.1) is 6.42 Å².